The smallest absolute Gasteiger partial charge is 0.234 e. The molecule has 2 fully saturated rings. The van der Waals surface area contributed by atoms with E-state index in [4.69, 9.17) is 0 Å². The van der Waals surface area contributed by atoms with Crippen LogP contribution in [0.2, 0.25) is 0 Å². The van der Waals surface area contributed by atoms with Gasteiger partial charge in [0.15, 0.2) is 0 Å². The Kier molecular flexibility index (Phi) is 5.46. The van der Waals surface area contributed by atoms with Gasteiger partial charge < -0.3 is 5.32 Å². The van der Waals surface area contributed by atoms with E-state index < -0.39 is 10.0 Å². The zero-order valence-corrected chi connectivity index (χ0v) is 15.6. The summed E-state index contributed by atoms with van der Waals surface area (Å²) in [6, 6.07) is 10.4. The van der Waals surface area contributed by atoms with Gasteiger partial charge in [0, 0.05) is 38.1 Å². The highest BCUT2D eigenvalue weighted by atomic mass is 32.2. The van der Waals surface area contributed by atoms with Gasteiger partial charge in [-0.3, -0.25) is 9.69 Å². The topological polar surface area (TPSA) is 69.7 Å². The van der Waals surface area contributed by atoms with Crippen molar-refractivity contribution in [3.63, 3.8) is 0 Å². The van der Waals surface area contributed by atoms with Crippen molar-refractivity contribution in [3.8, 4) is 0 Å². The average molecular weight is 365 g/mol. The van der Waals surface area contributed by atoms with Crippen molar-refractivity contribution in [2.75, 3.05) is 45.5 Å². The highest BCUT2D eigenvalue weighted by Gasteiger charge is 2.38. The van der Waals surface area contributed by atoms with Crippen molar-refractivity contribution in [3.05, 3.63) is 35.9 Å². The van der Waals surface area contributed by atoms with Crippen LogP contribution in [-0.2, 0) is 20.2 Å². The first-order chi connectivity index (χ1) is 11.9. The Morgan fingerprint density at radius 3 is 2.28 bits per heavy atom. The molecule has 3 rings (SSSR count). The van der Waals surface area contributed by atoms with Crippen LogP contribution in [0.4, 0.5) is 0 Å². The van der Waals surface area contributed by atoms with E-state index in [1.807, 2.05) is 11.0 Å². The highest BCUT2D eigenvalue weighted by Crippen LogP contribution is 2.43. The monoisotopic (exact) mass is 365 g/mol. The summed E-state index contributed by atoms with van der Waals surface area (Å²) in [4.78, 5) is 14.3. The summed E-state index contributed by atoms with van der Waals surface area (Å²) in [6.07, 6.45) is 4.67. The molecule has 1 aromatic rings. The third-order valence-corrected chi connectivity index (χ3v) is 6.79. The second-order valence-electron chi connectivity index (χ2n) is 7.21. The van der Waals surface area contributed by atoms with Crippen LogP contribution < -0.4 is 5.32 Å². The van der Waals surface area contributed by atoms with E-state index in [9.17, 15) is 13.2 Å². The van der Waals surface area contributed by atoms with Crippen molar-refractivity contribution in [1.29, 1.82) is 0 Å². The summed E-state index contributed by atoms with van der Waals surface area (Å²) in [7, 11) is -3.13. The number of nitrogens with one attached hydrogen (secondary N) is 1. The zero-order chi connectivity index (χ0) is 17.9. The van der Waals surface area contributed by atoms with Gasteiger partial charge in [-0.15, -0.1) is 0 Å². The van der Waals surface area contributed by atoms with E-state index in [0.29, 0.717) is 39.3 Å². The highest BCUT2D eigenvalue weighted by molar-refractivity contribution is 7.88. The molecule has 1 aromatic carbocycles. The molecule has 1 N–H and O–H groups in total. The summed E-state index contributed by atoms with van der Waals surface area (Å²) < 4.78 is 24.5. The first kappa shape index (κ1) is 18.4. The maximum Gasteiger partial charge on any atom is 0.234 e. The van der Waals surface area contributed by atoms with Crippen molar-refractivity contribution in [1.82, 2.24) is 14.5 Å². The van der Waals surface area contributed by atoms with Crippen LogP contribution in [0.15, 0.2) is 30.3 Å². The molecule has 25 heavy (non-hydrogen) atoms. The standard InChI is InChI=1S/C18H27N3O3S/c1-25(23,24)21-12-10-20(11-13-21)14-17(22)19-15-18(8-5-9-18)16-6-3-2-4-7-16/h2-4,6-7H,5,8-15H2,1H3,(H,19,22). The number of amides is 1. The predicted molar refractivity (Wildman–Crippen MR) is 97.8 cm³/mol. The number of sulfonamides is 1. The van der Waals surface area contributed by atoms with Gasteiger partial charge in [0.05, 0.1) is 12.8 Å². The number of piperazine rings is 1. The molecule has 2 aliphatic rings. The van der Waals surface area contributed by atoms with E-state index >= 15 is 0 Å². The molecule has 1 saturated carbocycles. The maximum absolute atomic E-state index is 12.3. The summed E-state index contributed by atoms with van der Waals surface area (Å²) in [6.45, 7) is 3.14. The van der Waals surface area contributed by atoms with Crippen molar-refractivity contribution in [2.24, 2.45) is 0 Å². The summed E-state index contributed by atoms with van der Waals surface area (Å²) in [5, 5.41) is 3.10. The number of nitrogens with zero attached hydrogens (tertiary/aromatic N) is 2. The first-order valence-electron chi connectivity index (χ1n) is 8.89. The molecule has 0 atom stereocenters. The minimum Gasteiger partial charge on any atom is -0.354 e. The van der Waals surface area contributed by atoms with Crippen LogP contribution in [0.1, 0.15) is 24.8 Å². The van der Waals surface area contributed by atoms with Gasteiger partial charge in [0.25, 0.3) is 0 Å². The van der Waals surface area contributed by atoms with Gasteiger partial charge >= 0.3 is 0 Å². The number of benzene rings is 1. The average Bonchev–Trinajstić information content (AvgIpc) is 2.54. The molecule has 1 aliphatic heterocycles. The second kappa shape index (κ2) is 7.43. The Hall–Kier alpha value is -1.44. The SMILES string of the molecule is CS(=O)(=O)N1CCN(CC(=O)NCC2(c3ccccc3)CCC2)CC1. The van der Waals surface area contributed by atoms with E-state index in [0.717, 1.165) is 12.8 Å². The first-order valence-corrected chi connectivity index (χ1v) is 10.7. The van der Waals surface area contributed by atoms with E-state index in [1.54, 1.807) is 0 Å². The summed E-state index contributed by atoms with van der Waals surface area (Å²) in [5.74, 6) is 0.0232. The third kappa shape index (κ3) is 4.40. The van der Waals surface area contributed by atoms with Gasteiger partial charge in [-0.2, -0.15) is 4.31 Å². The Morgan fingerprint density at radius 1 is 1.12 bits per heavy atom. The van der Waals surface area contributed by atoms with E-state index in [2.05, 4.69) is 29.6 Å². The maximum atomic E-state index is 12.3. The van der Waals surface area contributed by atoms with Crippen LogP contribution in [0, 0.1) is 0 Å². The minimum absolute atomic E-state index is 0.0232. The second-order valence-corrected chi connectivity index (χ2v) is 9.20. The molecule has 1 aliphatic carbocycles. The number of rotatable bonds is 6. The lowest BCUT2D eigenvalue weighted by Crippen LogP contribution is -2.52. The molecule has 6 nitrogen and oxygen atoms in total. The van der Waals surface area contributed by atoms with Crippen LogP contribution in [0.5, 0.6) is 0 Å². The van der Waals surface area contributed by atoms with Crippen molar-refractivity contribution < 1.29 is 13.2 Å². The molecule has 0 unspecified atom stereocenters. The fourth-order valence-corrected chi connectivity index (χ4v) is 4.54. The fourth-order valence-electron chi connectivity index (χ4n) is 3.71. The molecule has 0 spiro atoms. The molecule has 138 valence electrons. The Balaban J connectivity index is 1.47. The van der Waals surface area contributed by atoms with Gasteiger partial charge in [-0.1, -0.05) is 36.8 Å². The number of hydrogen-bond acceptors (Lipinski definition) is 4. The largest absolute Gasteiger partial charge is 0.354 e. The molecule has 1 heterocycles. The third-order valence-electron chi connectivity index (χ3n) is 5.49. The van der Waals surface area contributed by atoms with Crippen LogP contribution in [0.25, 0.3) is 0 Å². The van der Waals surface area contributed by atoms with Crippen molar-refractivity contribution in [2.45, 2.75) is 24.7 Å². The van der Waals surface area contributed by atoms with E-state index in [1.165, 1.54) is 22.5 Å². The Bertz CT molecular complexity index is 694. The number of carbonyl (C=O) groups excluding carboxylic acids is 1. The predicted octanol–water partition coefficient (Wildman–Crippen LogP) is 0.802. The molecular formula is C18H27N3O3S. The lowest BCUT2D eigenvalue weighted by molar-refractivity contribution is -0.123. The van der Waals surface area contributed by atoms with Crippen molar-refractivity contribution >= 4 is 15.9 Å². The van der Waals surface area contributed by atoms with Gasteiger partial charge in [0.1, 0.15) is 0 Å². The summed E-state index contributed by atoms with van der Waals surface area (Å²) >= 11 is 0. The van der Waals surface area contributed by atoms with Crippen LogP contribution in [-0.4, -0.2) is 69.1 Å². The van der Waals surface area contributed by atoms with E-state index in [-0.39, 0.29) is 11.3 Å². The molecule has 0 aromatic heterocycles. The van der Waals surface area contributed by atoms with Crippen LogP contribution >= 0.6 is 0 Å². The molecule has 1 amide bonds. The van der Waals surface area contributed by atoms with Gasteiger partial charge in [-0.25, -0.2) is 8.42 Å². The van der Waals surface area contributed by atoms with Gasteiger partial charge in [-0.05, 0) is 18.4 Å². The minimum atomic E-state index is -3.13. The Labute approximate surface area is 150 Å². The zero-order valence-electron chi connectivity index (χ0n) is 14.8. The number of hydrogen-bond donors (Lipinski definition) is 1. The lowest BCUT2D eigenvalue weighted by atomic mass is 9.64. The van der Waals surface area contributed by atoms with Gasteiger partial charge in [0.2, 0.25) is 15.9 Å². The Morgan fingerprint density at radius 2 is 1.76 bits per heavy atom. The molecular weight excluding hydrogens is 338 g/mol. The molecule has 1 saturated heterocycles. The summed E-state index contributed by atoms with van der Waals surface area (Å²) in [5.41, 5.74) is 1.40. The molecule has 0 bridgehead atoms. The molecule has 7 heteroatoms. The lowest BCUT2D eigenvalue weighted by Gasteiger charge is -2.43. The fraction of sp³-hybridized carbons (Fsp3) is 0.611. The molecule has 0 radical (unpaired) electrons. The normalized spacial score (nSPS) is 21.5. The van der Waals surface area contributed by atoms with Crippen LogP contribution in [0.3, 0.4) is 0 Å². The quantitative estimate of drug-likeness (QED) is 0.810. The number of carbonyl (C=O) groups is 1.